The zero-order valence-electron chi connectivity index (χ0n) is 13.6. The molecule has 0 spiro atoms. The van der Waals surface area contributed by atoms with Gasteiger partial charge in [0.25, 0.3) is 0 Å². The van der Waals surface area contributed by atoms with Gasteiger partial charge in [-0.05, 0) is 13.0 Å². The quantitative estimate of drug-likeness (QED) is 0.701. The Bertz CT molecular complexity index is 446. The summed E-state index contributed by atoms with van der Waals surface area (Å²) in [5.74, 6) is 2.15. The Balaban J connectivity index is 2.94. The van der Waals surface area contributed by atoms with Gasteiger partial charge in [-0.2, -0.15) is 0 Å². The molecule has 0 aromatic heterocycles. The number of hydrogen-bond donors (Lipinski definition) is 1. The molecule has 1 rings (SSSR count). The summed E-state index contributed by atoms with van der Waals surface area (Å²) in [6.07, 6.45) is -0.287. The van der Waals surface area contributed by atoms with Crippen molar-refractivity contribution in [2.24, 2.45) is 0 Å². The van der Waals surface area contributed by atoms with Crippen LogP contribution in [0.5, 0.6) is 17.2 Å². The van der Waals surface area contributed by atoms with E-state index in [0.717, 1.165) is 16.9 Å². The van der Waals surface area contributed by atoms with E-state index in [1.165, 1.54) is 0 Å². The van der Waals surface area contributed by atoms with E-state index < -0.39 is 0 Å². The maximum Gasteiger partial charge on any atom is 0.169 e. The van der Waals surface area contributed by atoms with E-state index >= 15 is 0 Å². The van der Waals surface area contributed by atoms with Crippen molar-refractivity contribution in [2.45, 2.75) is 19.8 Å². The fourth-order valence-electron chi connectivity index (χ4n) is 2.16. The van der Waals surface area contributed by atoms with Gasteiger partial charge in [0.2, 0.25) is 0 Å². The molecule has 0 amide bonds. The average Bonchev–Trinajstić information content (AvgIpc) is 2.51. The molecule has 0 heterocycles. The van der Waals surface area contributed by atoms with Crippen LogP contribution in [0.25, 0.3) is 0 Å². The first kappa shape index (κ1) is 17.6. The molecule has 21 heavy (non-hydrogen) atoms. The Morgan fingerprint density at radius 1 is 0.952 bits per heavy atom. The summed E-state index contributed by atoms with van der Waals surface area (Å²) in [5, 5.41) is 3.26. The van der Waals surface area contributed by atoms with Crippen LogP contribution in [-0.4, -0.2) is 48.4 Å². The minimum absolute atomic E-state index is 0.287. The third-order valence-corrected chi connectivity index (χ3v) is 3.29. The largest absolute Gasteiger partial charge is 0.496 e. The van der Waals surface area contributed by atoms with Crippen molar-refractivity contribution in [2.75, 3.05) is 42.1 Å². The van der Waals surface area contributed by atoms with E-state index in [1.54, 1.807) is 35.5 Å². The Hall–Kier alpha value is -1.50. The molecule has 0 saturated carbocycles. The lowest BCUT2D eigenvalue weighted by atomic mass is 10.1. The van der Waals surface area contributed by atoms with E-state index in [4.69, 9.17) is 23.7 Å². The highest BCUT2D eigenvalue weighted by atomic mass is 16.7. The second-order valence-corrected chi connectivity index (χ2v) is 4.46. The fraction of sp³-hybridized carbons (Fsp3) is 0.600. The molecule has 0 radical (unpaired) electrons. The van der Waals surface area contributed by atoms with Gasteiger partial charge in [0, 0.05) is 38.4 Å². The topological polar surface area (TPSA) is 58.2 Å². The highest BCUT2D eigenvalue weighted by Gasteiger charge is 2.17. The first-order chi connectivity index (χ1) is 10.1. The molecule has 6 heteroatoms. The van der Waals surface area contributed by atoms with Crippen LogP contribution in [0.1, 0.15) is 11.1 Å². The Morgan fingerprint density at radius 2 is 1.57 bits per heavy atom. The minimum Gasteiger partial charge on any atom is -0.496 e. The van der Waals surface area contributed by atoms with E-state index in [9.17, 15) is 0 Å². The van der Waals surface area contributed by atoms with Crippen molar-refractivity contribution in [1.29, 1.82) is 0 Å². The molecule has 1 aromatic rings. The van der Waals surface area contributed by atoms with Gasteiger partial charge < -0.3 is 29.0 Å². The van der Waals surface area contributed by atoms with E-state index in [2.05, 4.69) is 5.32 Å². The fourth-order valence-corrected chi connectivity index (χ4v) is 2.16. The van der Waals surface area contributed by atoms with Crippen LogP contribution in [0.2, 0.25) is 0 Å². The summed E-state index contributed by atoms with van der Waals surface area (Å²) in [4.78, 5) is 0. The molecule has 0 saturated heterocycles. The number of rotatable bonds is 9. The Labute approximate surface area is 126 Å². The van der Waals surface area contributed by atoms with Gasteiger partial charge in [-0.3, -0.25) is 0 Å². The van der Waals surface area contributed by atoms with Crippen molar-refractivity contribution >= 4 is 0 Å². The van der Waals surface area contributed by atoms with Crippen LogP contribution in [0, 0.1) is 6.92 Å². The second kappa shape index (κ2) is 8.71. The van der Waals surface area contributed by atoms with Crippen LogP contribution in [-0.2, 0) is 16.0 Å². The standard InChI is InChI=1S/C15H25NO5/c1-10-12(17-2)7-11(15(21-6)14(10)20-5)8-16-9-13(18-3)19-4/h7,13,16H,8-9H2,1-6H3. The van der Waals surface area contributed by atoms with Crippen LogP contribution >= 0.6 is 0 Å². The lowest BCUT2D eigenvalue weighted by Crippen LogP contribution is -2.29. The molecule has 1 aromatic carbocycles. The first-order valence-electron chi connectivity index (χ1n) is 6.67. The molecule has 0 unspecified atom stereocenters. The highest BCUT2D eigenvalue weighted by Crippen LogP contribution is 2.40. The molecule has 1 N–H and O–H groups in total. The molecule has 0 fully saturated rings. The number of nitrogens with one attached hydrogen (secondary N) is 1. The number of hydrogen-bond acceptors (Lipinski definition) is 6. The smallest absolute Gasteiger partial charge is 0.169 e. The zero-order chi connectivity index (χ0) is 15.8. The molecule has 0 aliphatic heterocycles. The molecule has 120 valence electrons. The lowest BCUT2D eigenvalue weighted by molar-refractivity contribution is -0.0989. The van der Waals surface area contributed by atoms with Gasteiger partial charge in [0.15, 0.2) is 17.8 Å². The van der Waals surface area contributed by atoms with Crippen molar-refractivity contribution < 1.29 is 23.7 Å². The van der Waals surface area contributed by atoms with Crippen molar-refractivity contribution in [3.63, 3.8) is 0 Å². The summed E-state index contributed by atoms with van der Waals surface area (Å²) >= 11 is 0. The van der Waals surface area contributed by atoms with Gasteiger partial charge in [-0.25, -0.2) is 0 Å². The number of benzene rings is 1. The molecular formula is C15H25NO5. The molecule has 0 aliphatic rings. The van der Waals surface area contributed by atoms with Gasteiger partial charge in [-0.1, -0.05) is 0 Å². The summed E-state index contributed by atoms with van der Waals surface area (Å²) in [6, 6.07) is 1.94. The maximum absolute atomic E-state index is 5.47. The normalized spacial score (nSPS) is 10.8. The number of ether oxygens (including phenoxy) is 5. The van der Waals surface area contributed by atoms with E-state index in [-0.39, 0.29) is 6.29 Å². The van der Waals surface area contributed by atoms with Crippen LogP contribution in [0.3, 0.4) is 0 Å². The monoisotopic (exact) mass is 299 g/mol. The average molecular weight is 299 g/mol. The summed E-state index contributed by atoms with van der Waals surface area (Å²) in [6.45, 7) is 3.08. The van der Waals surface area contributed by atoms with E-state index in [1.807, 2.05) is 13.0 Å². The third-order valence-electron chi connectivity index (χ3n) is 3.29. The van der Waals surface area contributed by atoms with Crippen molar-refractivity contribution in [3.05, 3.63) is 17.2 Å². The lowest BCUT2D eigenvalue weighted by Gasteiger charge is -2.19. The molecular weight excluding hydrogens is 274 g/mol. The maximum atomic E-state index is 5.47. The van der Waals surface area contributed by atoms with Crippen LogP contribution in [0.15, 0.2) is 6.07 Å². The van der Waals surface area contributed by atoms with Crippen molar-refractivity contribution in [1.82, 2.24) is 5.32 Å². The predicted molar refractivity (Wildman–Crippen MR) is 80.3 cm³/mol. The SMILES string of the molecule is COc1cc(CNCC(OC)OC)c(OC)c(OC)c1C. The molecule has 0 aliphatic carbocycles. The molecule has 6 nitrogen and oxygen atoms in total. The molecule has 0 atom stereocenters. The summed E-state index contributed by atoms with van der Waals surface area (Å²) in [5.41, 5.74) is 1.86. The minimum atomic E-state index is -0.287. The zero-order valence-corrected chi connectivity index (χ0v) is 13.6. The van der Waals surface area contributed by atoms with Crippen LogP contribution in [0.4, 0.5) is 0 Å². The Morgan fingerprint density at radius 3 is 2.05 bits per heavy atom. The number of methoxy groups -OCH3 is 5. The van der Waals surface area contributed by atoms with Gasteiger partial charge in [-0.15, -0.1) is 0 Å². The van der Waals surface area contributed by atoms with Gasteiger partial charge >= 0.3 is 0 Å². The van der Waals surface area contributed by atoms with Crippen molar-refractivity contribution in [3.8, 4) is 17.2 Å². The first-order valence-corrected chi connectivity index (χ1v) is 6.67. The summed E-state index contributed by atoms with van der Waals surface area (Å²) < 4.78 is 26.6. The highest BCUT2D eigenvalue weighted by molar-refractivity contribution is 5.57. The van der Waals surface area contributed by atoms with E-state index in [0.29, 0.717) is 24.6 Å². The summed E-state index contributed by atoms with van der Waals surface area (Å²) in [7, 11) is 8.09. The Kier molecular flexibility index (Phi) is 7.28. The second-order valence-electron chi connectivity index (χ2n) is 4.46. The molecule has 0 bridgehead atoms. The van der Waals surface area contributed by atoms with Gasteiger partial charge in [0.05, 0.1) is 21.3 Å². The van der Waals surface area contributed by atoms with Crippen LogP contribution < -0.4 is 19.5 Å². The predicted octanol–water partition coefficient (Wildman–Crippen LogP) is 1.73. The van der Waals surface area contributed by atoms with Gasteiger partial charge in [0.1, 0.15) is 5.75 Å². The third kappa shape index (κ3) is 4.23.